The van der Waals surface area contributed by atoms with Gasteiger partial charge in [0.1, 0.15) is 0 Å². The zero-order valence-electron chi connectivity index (χ0n) is 18.1. The van der Waals surface area contributed by atoms with Crippen LogP contribution in [-0.2, 0) is 0 Å². The molecule has 0 amide bonds. The quantitative estimate of drug-likeness (QED) is 0.378. The Balaban J connectivity index is 2.19. The van der Waals surface area contributed by atoms with Gasteiger partial charge in [-0.3, -0.25) is 0 Å². The van der Waals surface area contributed by atoms with Crippen LogP contribution < -0.4 is 0 Å². The highest BCUT2D eigenvalue weighted by Crippen LogP contribution is 2.44. The molecule has 0 aliphatic heterocycles. The molecule has 0 bridgehead atoms. The van der Waals surface area contributed by atoms with Gasteiger partial charge in [-0.15, -0.1) is 0 Å². The number of hydrogen-bond donors (Lipinski definition) is 2. The first-order valence-electron chi connectivity index (χ1n) is 10.8. The van der Waals surface area contributed by atoms with E-state index in [0.29, 0.717) is 0 Å². The van der Waals surface area contributed by atoms with Gasteiger partial charge in [0, 0.05) is 0 Å². The summed E-state index contributed by atoms with van der Waals surface area (Å²) in [6.07, 6.45) is -1.18. The van der Waals surface area contributed by atoms with Crippen molar-refractivity contribution in [1.82, 2.24) is 0 Å². The van der Waals surface area contributed by atoms with E-state index in [-0.39, 0.29) is 11.8 Å². The van der Waals surface area contributed by atoms with Crippen LogP contribution in [0.3, 0.4) is 0 Å². The Morgan fingerprint density at radius 3 is 1.23 bits per heavy atom. The molecule has 0 spiro atoms. The maximum Gasteiger partial charge on any atom is 0.0819 e. The number of hydrogen-bond acceptors (Lipinski definition) is 2. The second kappa shape index (κ2) is 8.22. The second-order valence-electron chi connectivity index (χ2n) is 8.88. The number of aliphatic hydroxyl groups excluding tert-OH is 2. The van der Waals surface area contributed by atoms with Crippen molar-refractivity contribution in [2.75, 3.05) is 0 Å². The van der Waals surface area contributed by atoms with Crippen LogP contribution in [-0.4, -0.2) is 10.2 Å². The largest absolute Gasteiger partial charge is 0.388 e. The van der Waals surface area contributed by atoms with Crippen molar-refractivity contribution in [3.05, 3.63) is 83.9 Å². The van der Waals surface area contributed by atoms with Gasteiger partial charge in [-0.25, -0.2) is 0 Å². The van der Waals surface area contributed by atoms with Crippen molar-refractivity contribution in [3.63, 3.8) is 0 Å². The summed E-state index contributed by atoms with van der Waals surface area (Å²) in [5, 5.41) is 26.8. The maximum absolute atomic E-state index is 11.1. The molecule has 30 heavy (non-hydrogen) atoms. The minimum absolute atomic E-state index is 0.0818. The fourth-order valence-corrected chi connectivity index (χ4v) is 4.35. The maximum atomic E-state index is 11.1. The standard InChI is InChI=1S/C28H30O2/c1-17(2)27(29)23-15-13-19-9-5-7-11-21(19)25(23)26-22-12-8-6-10-20(22)14-16-24(26)28(30)18(3)4/h5-18,27-30H,1-4H3/t27-,28+. The average molecular weight is 399 g/mol. The highest BCUT2D eigenvalue weighted by Gasteiger charge is 2.25. The molecule has 0 heterocycles. The summed E-state index contributed by atoms with van der Waals surface area (Å²) in [7, 11) is 0. The molecule has 0 aliphatic carbocycles. The zero-order valence-corrected chi connectivity index (χ0v) is 18.1. The molecule has 0 saturated heterocycles. The van der Waals surface area contributed by atoms with E-state index in [9.17, 15) is 10.2 Å². The highest BCUT2D eigenvalue weighted by molar-refractivity contribution is 6.08. The molecule has 0 fully saturated rings. The third-order valence-electron chi connectivity index (χ3n) is 6.07. The van der Waals surface area contributed by atoms with Crippen molar-refractivity contribution in [2.24, 2.45) is 11.8 Å². The topological polar surface area (TPSA) is 40.5 Å². The predicted molar refractivity (Wildman–Crippen MR) is 126 cm³/mol. The monoisotopic (exact) mass is 398 g/mol. The summed E-state index contributed by atoms with van der Waals surface area (Å²) in [6.45, 7) is 8.15. The van der Waals surface area contributed by atoms with Gasteiger partial charge in [-0.1, -0.05) is 100 Å². The minimum atomic E-state index is -0.590. The fourth-order valence-electron chi connectivity index (χ4n) is 4.35. The van der Waals surface area contributed by atoms with Gasteiger partial charge in [0.05, 0.1) is 12.2 Å². The summed E-state index contributed by atoms with van der Waals surface area (Å²) in [5.74, 6) is 0.164. The molecule has 0 saturated carbocycles. The van der Waals surface area contributed by atoms with E-state index in [0.717, 1.165) is 43.8 Å². The van der Waals surface area contributed by atoms with E-state index in [1.165, 1.54) is 0 Å². The van der Waals surface area contributed by atoms with Gasteiger partial charge < -0.3 is 10.2 Å². The zero-order chi connectivity index (χ0) is 21.4. The van der Waals surface area contributed by atoms with Crippen molar-refractivity contribution in [2.45, 2.75) is 39.9 Å². The molecule has 4 aromatic carbocycles. The lowest BCUT2D eigenvalue weighted by Crippen LogP contribution is -2.11. The van der Waals surface area contributed by atoms with E-state index >= 15 is 0 Å². The molecule has 2 atom stereocenters. The average Bonchev–Trinajstić information content (AvgIpc) is 2.76. The first-order valence-corrected chi connectivity index (χ1v) is 10.8. The van der Waals surface area contributed by atoms with E-state index in [1.807, 2.05) is 52.0 Å². The lowest BCUT2D eigenvalue weighted by Gasteiger charge is -2.26. The van der Waals surface area contributed by atoms with Crippen LogP contribution in [0.1, 0.15) is 51.0 Å². The van der Waals surface area contributed by atoms with E-state index in [2.05, 4.69) is 48.5 Å². The fraction of sp³-hybridized carbons (Fsp3) is 0.286. The molecule has 2 nitrogen and oxygen atoms in total. The highest BCUT2D eigenvalue weighted by atomic mass is 16.3. The Labute approximate surface area is 178 Å². The van der Waals surface area contributed by atoms with Gasteiger partial charge >= 0.3 is 0 Å². The van der Waals surface area contributed by atoms with Gasteiger partial charge in [0.2, 0.25) is 0 Å². The number of aliphatic hydroxyl groups is 2. The molecule has 0 aromatic heterocycles. The third kappa shape index (κ3) is 3.51. The molecular weight excluding hydrogens is 368 g/mol. The van der Waals surface area contributed by atoms with Crippen LogP contribution >= 0.6 is 0 Å². The van der Waals surface area contributed by atoms with Gasteiger partial charge in [0.25, 0.3) is 0 Å². The first kappa shape index (κ1) is 20.6. The number of benzene rings is 4. The molecule has 154 valence electrons. The van der Waals surface area contributed by atoms with Gasteiger partial charge in [-0.2, -0.15) is 0 Å². The Kier molecular flexibility index (Phi) is 5.64. The molecule has 2 heteroatoms. The Morgan fingerprint density at radius 1 is 0.500 bits per heavy atom. The van der Waals surface area contributed by atoms with Crippen molar-refractivity contribution >= 4 is 21.5 Å². The van der Waals surface area contributed by atoms with Crippen LogP contribution in [0.5, 0.6) is 0 Å². The van der Waals surface area contributed by atoms with Gasteiger partial charge in [0.15, 0.2) is 0 Å². The summed E-state index contributed by atoms with van der Waals surface area (Å²) < 4.78 is 0. The smallest absolute Gasteiger partial charge is 0.0819 e. The molecule has 0 radical (unpaired) electrons. The van der Waals surface area contributed by atoms with E-state index in [4.69, 9.17) is 0 Å². The predicted octanol–water partition coefficient (Wildman–Crippen LogP) is 7.04. The SMILES string of the molecule is CC(C)[C@H](O)c1ccc2ccccc2c1-c1c([C@H](O)C(C)C)ccc2ccccc12. The Morgan fingerprint density at radius 2 is 0.867 bits per heavy atom. The van der Waals surface area contributed by atoms with E-state index in [1.54, 1.807) is 0 Å². The van der Waals surface area contributed by atoms with Crippen LogP contribution in [0.25, 0.3) is 32.7 Å². The molecule has 4 rings (SSSR count). The first-order chi connectivity index (χ1) is 14.4. The Bertz CT molecular complexity index is 1090. The summed E-state index contributed by atoms with van der Waals surface area (Å²) >= 11 is 0. The van der Waals surface area contributed by atoms with Crippen LogP contribution in [0.2, 0.25) is 0 Å². The van der Waals surface area contributed by atoms with Gasteiger partial charge in [-0.05, 0) is 55.6 Å². The number of rotatable bonds is 5. The normalized spacial score (nSPS) is 14.0. The summed E-state index contributed by atoms with van der Waals surface area (Å²) in [5.41, 5.74) is 3.89. The molecule has 0 unspecified atom stereocenters. The van der Waals surface area contributed by atoms with Crippen LogP contribution in [0, 0.1) is 11.8 Å². The van der Waals surface area contributed by atoms with E-state index < -0.39 is 12.2 Å². The number of fused-ring (bicyclic) bond motifs is 2. The summed E-state index contributed by atoms with van der Waals surface area (Å²) in [6, 6.07) is 24.9. The minimum Gasteiger partial charge on any atom is -0.388 e. The Hall–Kier alpha value is -2.68. The molecule has 4 aromatic rings. The van der Waals surface area contributed by atoms with Crippen molar-refractivity contribution < 1.29 is 10.2 Å². The molecule has 2 N–H and O–H groups in total. The molecular formula is C28H30O2. The van der Waals surface area contributed by atoms with Crippen LogP contribution in [0.15, 0.2) is 72.8 Å². The second-order valence-corrected chi connectivity index (χ2v) is 8.88. The van der Waals surface area contributed by atoms with Crippen molar-refractivity contribution in [1.29, 1.82) is 0 Å². The lowest BCUT2D eigenvalue weighted by molar-refractivity contribution is 0.126. The summed E-state index contributed by atoms with van der Waals surface area (Å²) in [4.78, 5) is 0. The third-order valence-corrected chi connectivity index (χ3v) is 6.07. The van der Waals surface area contributed by atoms with Crippen molar-refractivity contribution in [3.8, 4) is 11.1 Å². The van der Waals surface area contributed by atoms with Crippen LogP contribution in [0.4, 0.5) is 0 Å². The molecule has 0 aliphatic rings. The lowest BCUT2D eigenvalue weighted by atomic mass is 9.81.